The lowest BCUT2D eigenvalue weighted by Gasteiger charge is -2.06. The van der Waals surface area contributed by atoms with Crippen LogP contribution in [-0.4, -0.2) is 0 Å². The third kappa shape index (κ3) is 3.70. The van der Waals surface area contributed by atoms with Crippen molar-refractivity contribution in [1.29, 1.82) is 0 Å². The summed E-state index contributed by atoms with van der Waals surface area (Å²) >= 11 is 17.2. The zero-order chi connectivity index (χ0) is 12.3. The Hall–Kier alpha value is -0.0600. The summed E-state index contributed by atoms with van der Waals surface area (Å²) in [6.07, 6.45) is 0. The molecule has 0 fully saturated rings. The maximum absolute atomic E-state index is 6.10. The molecule has 1 heterocycles. The first-order valence-corrected chi connectivity index (χ1v) is 7.46. The van der Waals surface area contributed by atoms with E-state index < -0.39 is 0 Å². The van der Waals surface area contributed by atoms with Crippen LogP contribution in [0, 0.1) is 0 Å². The molecule has 0 radical (unpaired) electrons. The predicted molar refractivity (Wildman–Crippen MR) is 79.0 cm³/mol. The van der Waals surface area contributed by atoms with Crippen LogP contribution in [0.5, 0.6) is 0 Å². The Morgan fingerprint density at radius 1 is 1.24 bits per heavy atom. The summed E-state index contributed by atoms with van der Waals surface area (Å²) in [5.74, 6) is 0. The minimum absolute atomic E-state index is 0.602. The molecule has 2 rings (SSSR count). The molecule has 1 N–H and O–H groups in total. The van der Waals surface area contributed by atoms with E-state index in [1.807, 2.05) is 12.1 Å². The van der Waals surface area contributed by atoms with E-state index in [9.17, 15) is 0 Å². The number of rotatable bonds is 4. The fourth-order valence-electron chi connectivity index (χ4n) is 1.45. The largest absolute Gasteiger partial charge is 0.308 e. The number of thiophene rings is 1. The van der Waals surface area contributed by atoms with Crippen molar-refractivity contribution in [1.82, 2.24) is 5.32 Å². The van der Waals surface area contributed by atoms with Crippen LogP contribution < -0.4 is 5.32 Å². The van der Waals surface area contributed by atoms with Crippen LogP contribution in [0.3, 0.4) is 0 Å². The van der Waals surface area contributed by atoms with E-state index in [1.54, 1.807) is 17.4 Å². The van der Waals surface area contributed by atoms with Crippen LogP contribution in [0.25, 0.3) is 0 Å². The lowest BCUT2D eigenvalue weighted by Crippen LogP contribution is -2.12. The summed E-state index contributed by atoms with van der Waals surface area (Å²) in [5.41, 5.74) is 1.02. The van der Waals surface area contributed by atoms with E-state index in [4.69, 9.17) is 23.2 Å². The molecule has 0 saturated heterocycles. The summed E-state index contributed by atoms with van der Waals surface area (Å²) < 4.78 is 1.13. The molecule has 0 amide bonds. The van der Waals surface area contributed by atoms with Crippen LogP contribution in [0.15, 0.2) is 34.1 Å². The van der Waals surface area contributed by atoms with Gasteiger partial charge in [0.2, 0.25) is 0 Å². The molecule has 0 unspecified atom stereocenters. The molecule has 0 aliphatic rings. The average Bonchev–Trinajstić information content (AvgIpc) is 2.70. The van der Waals surface area contributed by atoms with Crippen LogP contribution >= 0.6 is 50.5 Å². The van der Waals surface area contributed by atoms with Crippen molar-refractivity contribution in [3.8, 4) is 0 Å². The molecule has 17 heavy (non-hydrogen) atoms. The van der Waals surface area contributed by atoms with Gasteiger partial charge in [-0.2, -0.15) is 0 Å². The molecular formula is C12H10BrCl2NS. The van der Waals surface area contributed by atoms with Crippen LogP contribution in [0.4, 0.5) is 0 Å². The first-order valence-electron chi connectivity index (χ1n) is 5.03. The van der Waals surface area contributed by atoms with E-state index in [0.717, 1.165) is 23.1 Å². The van der Waals surface area contributed by atoms with Gasteiger partial charge in [-0.05, 0) is 33.6 Å². The minimum atomic E-state index is 0.602. The van der Waals surface area contributed by atoms with Crippen molar-refractivity contribution in [2.75, 3.05) is 0 Å². The summed E-state index contributed by atoms with van der Waals surface area (Å²) in [6.45, 7) is 1.55. The summed E-state index contributed by atoms with van der Waals surface area (Å²) in [4.78, 5) is 1.29. The van der Waals surface area contributed by atoms with E-state index in [0.29, 0.717) is 10.0 Å². The van der Waals surface area contributed by atoms with Gasteiger partial charge < -0.3 is 5.32 Å². The lowest BCUT2D eigenvalue weighted by atomic mass is 10.2. The second-order valence-electron chi connectivity index (χ2n) is 3.55. The fourth-order valence-corrected chi connectivity index (χ4v) is 3.26. The molecule has 5 heteroatoms. The Kier molecular flexibility index (Phi) is 4.88. The Bertz CT molecular complexity index is 513. The number of hydrogen-bond donors (Lipinski definition) is 1. The van der Waals surface area contributed by atoms with Crippen molar-refractivity contribution in [2.45, 2.75) is 13.1 Å². The highest BCUT2D eigenvalue weighted by molar-refractivity contribution is 9.10. The van der Waals surface area contributed by atoms with Crippen molar-refractivity contribution in [3.05, 3.63) is 54.6 Å². The van der Waals surface area contributed by atoms with Gasteiger partial charge in [0.05, 0.1) is 10.0 Å². The van der Waals surface area contributed by atoms with Crippen molar-refractivity contribution < 1.29 is 0 Å². The van der Waals surface area contributed by atoms with Crippen molar-refractivity contribution in [2.24, 2.45) is 0 Å². The van der Waals surface area contributed by atoms with Gasteiger partial charge in [-0.3, -0.25) is 0 Å². The van der Waals surface area contributed by atoms with Gasteiger partial charge in [-0.1, -0.05) is 35.3 Å². The molecule has 1 nitrogen and oxygen atoms in total. The van der Waals surface area contributed by atoms with Crippen LogP contribution in [0.2, 0.25) is 10.0 Å². The SMILES string of the molecule is Clc1cccc(CNCc2cc(Br)cs2)c1Cl. The molecule has 0 spiro atoms. The highest BCUT2D eigenvalue weighted by atomic mass is 79.9. The molecule has 90 valence electrons. The quantitative estimate of drug-likeness (QED) is 0.808. The van der Waals surface area contributed by atoms with Gasteiger partial charge in [0.1, 0.15) is 0 Å². The maximum atomic E-state index is 6.10. The maximum Gasteiger partial charge on any atom is 0.0637 e. The van der Waals surface area contributed by atoms with Gasteiger partial charge in [-0.15, -0.1) is 11.3 Å². The Morgan fingerprint density at radius 3 is 2.76 bits per heavy atom. The first kappa shape index (κ1) is 13.4. The second kappa shape index (κ2) is 6.21. The lowest BCUT2D eigenvalue weighted by molar-refractivity contribution is 0.701. The molecule has 0 atom stereocenters. The van der Waals surface area contributed by atoms with Gasteiger partial charge in [0.25, 0.3) is 0 Å². The zero-order valence-electron chi connectivity index (χ0n) is 8.84. The first-order chi connectivity index (χ1) is 8.16. The van der Waals surface area contributed by atoms with Crippen LogP contribution in [-0.2, 0) is 13.1 Å². The third-order valence-electron chi connectivity index (χ3n) is 2.27. The van der Waals surface area contributed by atoms with Gasteiger partial charge >= 0.3 is 0 Å². The molecule has 1 aromatic heterocycles. The summed E-state index contributed by atoms with van der Waals surface area (Å²) in [7, 11) is 0. The van der Waals surface area contributed by atoms with E-state index >= 15 is 0 Å². The predicted octanol–water partition coefficient (Wildman–Crippen LogP) is 5.11. The smallest absolute Gasteiger partial charge is 0.0637 e. The molecular weight excluding hydrogens is 341 g/mol. The Morgan fingerprint density at radius 2 is 2.06 bits per heavy atom. The zero-order valence-corrected chi connectivity index (χ0v) is 12.8. The van der Waals surface area contributed by atoms with Gasteiger partial charge in [0, 0.05) is 27.8 Å². The van der Waals surface area contributed by atoms with E-state index in [2.05, 4.69) is 32.7 Å². The van der Waals surface area contributed by atoms with Gasteiger partial charge in [0.15, 0.2) is 0 Å². The summed E-state index contributed by atoms with van der Waals surface area (Å²) in [5, 5.41) is 6.65. The highest BCUT2D eigenvalue weighted by Crippen LogP contribution is 2.25. The van der Waals surface area contributed by atoms with Crippen LogP contribution in [0.1, 0.15) is 10.4 Å². The van der Waals surface area contributed by atoms with E-state index in [1.165, 1.54) is 4.88 Å². The molecule has 2 aromatic rings. The van der Waals surface area contributed by atoms with Crippen molar-refractivity contribution in [3.63, 3.8) is 0 Å². The number of hydrogen-bond acceptors (Lipinski definition) is 2. The van der Waals surface area contributed by atoms with Gasteiger partial charge in [-0.25, -0.2) is 0 Å². The minimum Gasteiger partial charge on any atom is -0.308 e. The number of nitrogens with one attached hydrogen (secondary N) is 1. The highest BCUT2D eigenvalue weighted by Gasteiger charge is 2.04. The fraction of sp³-hybridized carbons (Fsp3) is 0.167. The normalized spacial score (nSPS) is 10.8. The number of halogens is 3. The monoisotopic (exact) mass is 349 g/mol. The Labute approximate surface area is 123 Å². The molecule has 0 aliphatic heterocycles. The molecule has 0 saturated carbocycles. The standard InChI is InChI=1S/C12H10BrCl2NS/c13-9-4-10(17-7-9)6-16-5-8-2-1-3-11(14)12(8)15/h1-4,7,16H,5-6H2. The Balaban J connectivity index is 1.92. The second-order valence-corrected chi connectivity index (χ2v) is 6.24. The topological polar surface area (TPSA) is 12.0 Å². The van der Waals surface area contributed by atoms with E-state index in [-0.39, 0.29) is 0 Å². The van der Waals surface area contributed by atoms with Crippen molar-refractivity contribution >= 4 is 50.5 Å². The average molecular weight is 351 g/mol. The third-order valence-corrected chi connectivity index (χ3v) is 4.82. The molecule has 1 aromatic carbocycles. The molecule has 0 aliphatic carbocycles. The number of benzene rings is 1. The summed E-state index contributed by atoms with van der Waals surface area (Å²) in [6, 6.07) is 7.79. The molecule has 0 bridgehead atoms.